The molecule has 0 saturated carbocycles. The number of hydrogen-bond acceptors (Lipinski definition) is 4. The van der Waals surface area contributed by atoms with Crippen LogP contribution in [0.1, 0.15) is 36.5 Å². The molecule has 0 bridgehead atoms. The number of nitrogens with one attached hydrogen (secondary N) is 1. The lowest BCUT2D eigenvalue weighted by atomic mass is 9.98. The second-order valence-electron chi connectivity index (χ2n) is 7.48. The molecule has 156 valence electrons. The van der Waals surface area contributed by atoms with Crippen LogP contribution in [0.25, 0.3) is 10.8 Å². The van der Waals surface area contributed by atoms with Gasteiger partial charge in [0.25, 0.3) is 5.91 Å². The summed E-state index contributed by atoms with van der Waals surface area (Å²) in [5, 5.41) is 4.85. The third kappa shape index (κ3) is 5.17. The van der Waals surface area contributed by atoms with Gasteiger partial charge in [-0.1, -0.05) is 54.1 Å². The first-order valence-electron chi connectivity index (χ1n) is 9.99. The normalized spacial score (nSPS) is 12.8. The monoisotopic (exact) mass is 405 g/mol. The van der Waals surface area contributed by atoms with Crippen LogP contribution in [0.3, 0.4) is 0 Å². The number of aryl methyl sites for hydroxylation is 1. The predicted octanol–water partition coefficient (Wildman–Crippen LogP) is 4.51. The second-order valence-corrected chi connectivity index (χ2v) is 7.48. The zero-order valence-corrected chi connectivity index (χ0v) is 17.8. The molecule has 0 aromatic heterocycles. The minimum absolute atomic E-state index is 0.318. The average molecular weight is 405 g/mol. The molecule has 1 amide bonds. The van der Waals surface area contributed by atoms with Gasteiger partial charge in [0.2, 0.25) is 0 Å². The van der Waals surface area contributed by atoms with Gasteiger partial charge in [0.15, 0.2) is 6.10 Å². The standard InChI is InChI=1S/C25H27NO4/c1-16-5-7-19(8-6-16)15-26-24(27)18(3)30-25(28)17(2)20-9-10-22-14-23(29-4)12-11-21(22)13-20/h5-14,17-18H,15H2,1-4H3,(H,26,27)/t17-,18-/m0/s1. The molecule has 0 aliphatic rings. The summed E-state index contributed by atoms with van der Waals surface area (Å²) in [5.74, 6) is -0.445. The molecule has 0 fully saturated rings. The Balaban J connectivity index is 1.59. The van der Waals surface area contributed by atoms with E-state index in [-0.39, 0.29) is 5.91 Å². The number of esters is 1. The van der Waals surface area contributed by atoms with Crippen LogP contribution in [-0.4, -0.2) is 25.1 Å². The van der Waals surface area contributed by atoms with Crippen LogP contribution >= 0.6 is 0 Å². The number of ether oxygens (including phenoxy) is 2. The number of fused-ring (bicyclic) bond motifs is 1. The number of carbonyl (C=O) groups excluding carboxylic acids is 2. The van der Waals surface area contributed by atoms with E-state index in [2.05, 4.69) is 5.32 Å². The lowest BCUT2D eigenvalue weighted by Gasteiger charge is -2.17. The molecule has 3 aromatic carbocycles. The lowest BCUT2D eigenvalue weighted by molar-refractivity contribution is -0.156. The van der Waals surface area contributed by atoms with Crippen LogP contribution in [0.2, 0.25) is 0 Å². The lowest BCUT2D eigenvalue weighted by Crippen LogP contribution is -2.36. The second kappa shape index (κ2) is 9.44. The Morgan fingerprint density at radius 1 is 0.933 bits per heavy atom. The highest BCUT2D eigenvalue weighted by molar-refractivity contribution is 5.88. The Hall–Kier alpha value is -3.34. The van der Waals surface area contributed by atoms with Crippen molar-refractivity contribution >= 4 is 22.6 Å². The molecule has 0 saturated heterocycles. The van der Waals surface area contributed by atoms with E-state index in [1.54, 1.807) is 21.0 Å². The zero-order valence-electron chi connectivity index (χ0n) is 17.8. The molecule has 3 aromatic rings. The first kappa shape index (κ1) is 21.4. The zero-order chi connectivity index (χ0) is 21.7. The van der Waals surface area contributed by atoms with Gasteiger partial charge in [-0.3, -0.25) is 9.59 Å². The van der Waals surface area contributed by atoms with Gasteiger partial charge in [-0.25, -0.2) is 0 Å². The summed E-state index contributed by atoms with van der Waals surface area (Å²) in [6.07, 6.45) is -0.866. The van der Waals surface area contributed by atoms with E-state index in [1.165, 1.54) is 0 Å². The van der Waals surface area contributed by atoms with E-state index in [0.717, 1.165) is 33.2 Å². The fourth-order valence-corrected chi connectivity index (χ4v) is 3.14. The number of methoxy groups -OCH3 is 1. The largest absolute Gasteiger partial charge is 0.497 e. The van der Waals surface area contributed by atoms with Crippen molar-refractivity contribution in [3.63, 3.8) is 0 Å². The van der Waals surface area contributed by atoms with Crippen molar-refractivity contribution in [2.45, 2.75) is 39.3 Å². The molecule has 2 atom stereocenters. The highest BCUT2D eigenvalue weighted by atomic mass is 16.5. The summed E-state index contributed by atoms with van der Waals surface area (Å²) >= 11 is 0. The number of carbonyl (C=O) groups is 2. The highest BCUT2D eigenvalue weighted by Crippen LogP contribution is 2.26. The molecule has 3 rings (SSSR count). The Labute approximate surface area is 177 Å². The van der Waals surface area contributed by atoms with E-state index in [0.29, 0.717) is 6.54 Å². The molecule has 30 heavy (non-hydrogen) atoms. The first-order valence-corrected chi connectivity index (χ1v) is 9.99. The first-order chi connectivity index (χ1) is 14.4. The van der Waals surface area contributed by atoms with Crippen molar-refractivity contribution < 1.29 is 19.1 Å². The molecular weight excluding hydrogens is 378 g/mol. The summed E-state index contributed by atoms with van der Waals surface area (Å²) < 4.78 is 10.7. The minimum atomic E-state index is -0.866. The van der Waals surface area contributed by atoms with Crippen LogP contribution in [0.4, 0.5) is 0 Å². The van der Waals surface area contributed by atoms with Gasteiger partial charge in [0.1, 0.15) is 5.75 Å². The van der Waals surface area contributed by atoms with Gasteiger partial charge in [-0.2, -0.15) is 0 Å². The SMILES string of the molecule is COc1ccc2cc([C@H](C)C(=O)O[C@@H](C)C(=O)NCc3ccc(C)cc3)ccc2c1. The number of benzene rings is 3. The molecular formula is C25H27NO4. The van der Waals surface area contributed by atoms with E-state index < -0.39 is 18.0 Å². The Bertz CT molecular complexity index is 1040. The molecule has 0 aliphatic carbocycles. The molecule has 0 radical (unpaired) electrons. The number of hydrogen-bond donors (Lipinski definition) is 1. The maximum absolute atomic E-state index is 12.6. The fraction of sp³-hybridized carbons (Fsp3) is 0.280. The van der Waals surface area contributed by atoms with E-state index in [1.807, 2.05) is 67.6 Å². The van der Waals surface area contributed by atoms with Crippen molar-refractivity contribution in [1.29, 1.82) is 0 Å². The average Bonchev–Trinajstić information content (AvgIpc) is 2.77. The molecule has 1 N–H and O–H groups in total. The van der Waals surface area contributed by atoms with Crippen molar-refractivity contribution in [2.75, 3.05) is 7.11 Å². The third-order valence-electron chi connectivity index (χ3n) is 5.17. The van der Waals surface area contributed by atoms with Crippen LogP contribution in [0.5, 0.6) is 5.75 Å². The number of amides is 1. The summed E-state index contributed by atoms with van der Waals surface area (Å²) in [6, 6.07) is 19.5. The Kier molecular flexibility index (Phi) is 6.72. The molecule has 0 spiro atoms. The van der Waals surface area contributed by atoms with Gasteiger partial charge < -0.3 is 14.8 Å². The highest BCUT2D eigenvalue weighted by Gasteiger charge is 2.23. The summed E-state index contributed by atoms with van der Waals surface area (Å²) in [6.45, 7) is 5.77. The van der Waals surface area contributed by atoms with Crippen molar-refractivity contribution in [1.82, 2.24) is 5.32 Å². The quantitative estimate of drug-likeness (QED) is 0.588. The molecule has 0 aliphatic heterocycles. The van der Waals surface area contributed by atoms with Crippen LogP contribution in [0, 0.1) is 6.92 Å². The molecule has 5 heteroatoms. The Morgan fingerprint density at radius 3 is 2.30 bits per heavy atom. The van der Waals surface area contributed by atoms with Gasteiger partial charge >= 0.3 is 5.97 Å². The maximum atomic E-state index is 12.6. The van der Waals surface area contributed by atoms with E-state index >= 15 is 0 Å². The predicted molar refractivity (Wildman–Crippen MR) is 117 cm³/mol. The fourth-order valence-electron chi connectivity index (χ4n) is 3.14. The summed E-state index contributed by atoms with van der Waals surface area (Å²) in [7, 11) is 1.63. The Morgan fingerprint density at radius 2 is 1.60 bits per heavy atom. The molecule has 0 unspecified atom stereocenters. The van der Waals surface area contributed by atoms with Crippen LogP contribution in [-0.2, 0) is 20.9 Å². The van der Waals surface area contributed by atoms with Gasteiger partial charge in [0.05, 0.1) is 13.0 Å². The topological polar surface area (TPSA) is 64.6 Å². The maximum Gasteiger partial charge on any atom is 0.313 e. The van der Waals surface area contributed by atoms with Crippen molar-refractivity contribution in [3.8, 4) is 5.75 Å². The minimum Gasteiger partial charge on any atom is -0.497 e. The molecule has 0 heterocycles. The van der Waals surface area contributed by atoms with Gasteiger partial charge in [-0.05, 0) is 54.8 Å². The third-order valence-corrected chi connectivity index (χ3v) is 5.17. The smallest absolute Gasteiger partial charge is 0.313 e. The van der Waals surface area contributed by atoms with Crippen LogP contribution in [0.15, 0.2) is 60.7 Å². The van der Waals surface area contributed by atoms with E-state index in [4.69, 9.17) is 9.47 Å². The van der Waals surface area contributed by atoms with Gasteiger partial charge in [-0.15, -0.1) is 0 Å². The summed E-state index contributed by atoms with van der Waals surface area (Å²) in [5.41, 5.74) is 2.99. The van der Waals surface area contributed by atoms with Gasteiger partial charge in [0, 0.05) is 6.54 Å². The summed E-state index contributed by atoms with van der Waals surface area (Å²) in [4.78, 5) is 24.9. The van der Waals surface area contributed by atoms with Crippen molar-refractivity contribution in [2.24, 2.45) is 0 Å². The van der Waals surface area contributed by atoms with E-state index in [9.17, 15) is 9.59 Å². The molecule has 5 nitrogen and oxygen atoms in total. The van der Waals surface area contributed by atoms with Crippen LogP contribution < -0.4 is 10.1 Å². The number of rotatable bonds is 7. The van der Waals surface area contributed by atoms with Crippen molar-refractivity contribution in [3.05, 3.63) is 77.4 Å².